The second kappa shape index (κ2) is 6.40. The molecule has 1 aromatic rings. The molecule has 0 saturated carbocycles. The van der Waals surface area contributed by atoms with E-state index in [-0.39, 0.29) is 11.8 Å². The van der Waals surface area contributed by atoms with Crippen molar-refractivity contribution in [3.63, 3.8) is 0 Å². The Kier molecular flexibility index (Phi) is 5.16. The van der Waals surface area contributed by atoms with Gasteiger partial charge in [0.2, 0.25) is 5.91 Å². The number of hydrogen-bond acceptors (Lipinski definition) is 3. The van der Waals surface area contributed by atoms with Crippen LogP contribution in [0.4, 0.5) is 0 Å². The van der Waals surface area contributed by atoms with Crippen LogP contribution in [0.15, 0.2) is 12.1 Å². The lowest BCUT2D eigenvalue weighted by atomic mass is 9.95. The average molecular weight is 250 g/mol. The maximum absolute atomic E-state index is 11.8. The molecule has 0 bridgehead atoms. The first-order chi connectivity index (χ1) is 8.49. The molecule has 1 unspecified atom stereocenters. The number of phenols is 1. The minimum Gasteiger partial charge on any atom is -0.507 e. The van der Waals surface area contributed by atoms with E-state index in [1.165, 1.54) is 0 Å². The molecule has 4 N–H and O–H groups in total. The van der Waals surface area contributed by atoms with Gasteiger partial charge in [0.1, 0.15) is 5.75 Å². The summed E-state index contributed by atoms with van der Waals surface area (Å²) in [6.45, 7) is 6.54. The third kappa shape index (κ3) is 3.47. The molecule has 1 rings (SSSR count). The van der Waals surface area contributed by atoms with Crippen LogP contribution in [0.25, 0.3) is 0 Å². The molecule has 100 valence electrons. The highest BCUT2D eigenvalue weighted by molar-refractivity contribution is 5.79. The van der Waals surface area contributed by atoms with E-state index >= 15 is 0 Å². The second-order valence-corrected chi connectivity index (χ2v) is 4.61. The van der Waals surface area contributed by atoms with Crippen LogP contribution < -0.4 is 11.1 Å². The summed E-state index contributed by atoms with van der Waals surface area (Å²) in [5.74, 6) is 0.0951. The number of rotatable bonds is 5. The standard InChI is InChI=1S/C14H22N2O2/c1-4-16-14(18)12(8-15)7-11-5-9(2)13(17)10(3)6-11/h5-6,12,17H,4,7-8,15H2,1-3H3,(H,16,18). The Bertz CT molecular complexity index is 407. The summed E-state index contributed by atoms with van der Waals surface area (Å²) in [7, 11) is 0. The van der Waals surface area contributed by atoms with Crippen LogP contribution in [0.2, 0.25) is 0 Å². The summed E-state index contributed by atoms with van der Waals surface area (Å²) in [6.07, 6.45) is 0.601. The molecule has 0 heterocycles. The Morgan fingerprint density at radius 2 is 1.94 bits per heavy atom. The largest absolute Gasteiger partial charge is 0.507 e. The fourth-order valence-corrected chi connectivity index (χ4v) is 2.05. The van der Waals surface area contributed by atoms with Crippen LogP contribution >= 0.6 is 0 Å². The van der Waals surface area contributed by atoms with Gasteiger partial charge < -0.3 is 16.2 Å². The van der Waals surface area contributed by atoms with E-state index < -0.39 is 0 Å². The molecule has 0 aromatic heterocycles. The molecule has 4 heteroatoms. The van der Waals surface area contributed by atoms with E-state index in [4.69, 9.17) is 5.73 Å². The fraction of sp³-hybridized carbons (Fsp3) is 0.500. The van der Waals surface area contributed by atoms with Gasteiger partial charge in [0.05, 0.1) is 5.92 Å². The molecular weight excluding hydrogens is 228 g/mol. The van der Waals surface area contributed by atoms with Crippen molar-refractivity contribution in [1.82, 2.24) is 5.32 Å². The summed E-state index contributed by atoms with van der Waals surface area (Å²) in [5, 5.41) is 12.5. The molecule has 0 aliphatic carbocycles. The first-order valence-electron chi connectivity index (χ1n) is 6.26. The normalized spacial score (nSPS) is 12.2. The van der Waals surface area contributed by atoms with Gasteiger partial charge in [-0.1, -0.05) is 12.1 Å². The van der Waals surface area contributed by atoms with Crippen molar-refractivity contribution in [1.29, 1.82) is 0 Å². The Labute approximate surface area is 108 Å². The minimum absolute atomic E-state index is 0.0108. The first-order valence-corrected chi connectivity index (χ1v) is 6.26. The molecular formula is C14H22N2O2. The van der Waals surface area contributed by atoms with Gasteiger partial charge in [0.25, 0.3) is 0 Å². The Hall–Kier alpha value is -1.55. The molecule has 1 amide bonds. The van der Waals surface area contributed by atoms with Crippen LogP contribution in [-0.4, -0.2) is 24.1 Å². The maximum atomic E-state index is 11.8. The van der Waals surface area contributed by atoms with Crippen LogP contribution in [0.3, 0.4) is 0 Å². The number of carbonyl (C=O) groups is 1. The van der Waals surface area contributed by atoms with Crippen molar-refractivity contribution < 1.29 is 9.90 Å². The summed E-state index contributed by atoms with van der Waals surface area (Å²) < 4.78 is 0. The zero-order valence-corrected chi connectivity index (χ0v) is 11.3. The number of benzene rings is 1. The number of nitrogens with one attached hydrogen (secondary N) is 1. The van der Waals surface area contributed by atoms with E-state index in [9.17, 15) is 9.90 Å². The lowest BCUT2D eigenvalue weighted by Crippen LogP contribution is -2.36. The molecule has 0 spiro atoms. The monoisotopic (exact) mass is 250 g/mol. The minimum atomic E-state index is -0.215. The van der Waals surface area contributed by atoms with Gasteiger partial charge in [-0.05, 0) is 43.9 Å². The number of carbonyl (C=O) groups excluding carboxylic acids is 1. The molecule has 0 saturated heterocycles. The van der Waals surface area contributed by atoms with E-state index in [0.29, 0.717) is 25.3 Å². The molecule has 0 radical (unpaired) electrons. The summed E-state index contributed by atoms with van der Waals surface area (Å²) in [4.78, 5) is 11.8. The third-order valence-electron chi connectivity index (χ3n) is 3.04. The highest BCUT2D eigenvalue weighted by atomic mass is 16.3. The average Bonchev–Trinajstić information content (AvgIpc) is 2.33. The van der Waals surface area contributed by atoms with Gasteiger partial charge in [-0.25, -0.2) is 0 Å². The molecule has 0 fully saturated rings. The van der Waals surface area contributed by atoms with Gasteiger partial charge in [-0.2, -0.15) is 0 Å². The van der Waals surface area contributed by atoms with Crippen LogP contribution in [-0.2, 0) is 11.2 Å². The van der Waals surface area contributed by atoms with Crippen molar-refractivity contribution in [3.8, 4) is 5.75 Å². The van der Waals surface area contributed by atoms with Crippen LogP contribution in [0.5, 0.6) is 5.75 Å². The highest BCUT2D eigenvalue weighted by Crippen LogP contribution is 2.24. The SMILES string of the molecule is CCNC(=O)C(CN)Cc1cc(C)c(O)c(C)c1. The number of aromatic hydroxyl groups is 1. The van der Waals surface area contributed by atoms with Crippen molar-refractivity contribution in [2.75, 3.05) is 13.1 Å². The third-order valence-corrected chi connectivity index (χ3v) is 3.04. The van der Waals surface area contributed by atoms with E-state index in [2.05, 4.69) is 5.32 Å². The Balaban J connectivity index is 2.85. The van der Waals surface area contributed by atoms with Crippen LogP contribution in [0, 0.1) is 19.8 Å². The zero-order valence-electron chi connectivity index (χ0n) is 11.3. The van der Waals surface area contributed by atoms with Gasteiger partial charge in [-0.15, -0.1) is 0 Å². The first kappa shape index (κ1) is 14.5. The predicted molar refractivity (Wildman–Crippen MR) is 72.5 cm³/mol. The second-order valence-electron chi connectivity index (χ2n) is 4.61. The summed E-state index contributed by atoms with van der Waals surface area (Å²) >= 11 is 0. The number of phenolic OH excluding ortho intramolecular Hbond substituents is 1. The molecule has 1 aromatic carbocycles. The predicted octanol–water partition coefficient (Wildman–Crippen LogP) is 1.26. The molecule has 4 nitrogen and oxygen atoms in total. The maximum Gasteiger partial charge on any atom is 0.224 e. The van der Waals surface area contributed by atoms with E-state index in [0.717, 1.165) is 16.7 Å². The van der Waals surface area contributed by atoms with E-state index in [1.54, 1.807) is 0 Å². The van der Waals surface area contributed by atoms with E-state index in [1.807, 2.05) is 32.9 Å². The fourth-order valence-electron chi connectivity index (χ4n) is 2.05. The molecule has 1 atom stereocenters. The lowest BCUT2D eigenvalue weighted by Gasteiger charge is -2.15. The quantitative estimate of drug-likeness (QED) is 0.736. The van der Waals surface area contributed by atoms with Crippen molar-refractivity contribution in [2.45, 2.75) is 27.2 Å². The zero-order chi connectivity index (χ0) is 13.7. The van der Waals surface area contributed by atoms with Crippen molar-refractivity contribution >= 4 is 5.91 Å². The summed E-state index contributed by atoms with van der Waals surface area (Å²) in [5.41, 5.74) is 8.34. The summed E-state index contributed by atoms with van der Waals surface area (Å²) in [6, 6.07) is 3.81. The number of nitrogens with two attached hydrogens (primary N) is 1. The lowest BCUT2D eigenvalue weighted by molar-refractivity contribution is -0.124. The van der Waals surface area contributed by atoms with Crippen molar-refractivity contribution in [2.24, 2.45) is 11.7 Å². The highest BCUT2D eigenvalue weighted by Gasteiger charge is 2.17. The smallest absolute Gasteiger partial charge is 0.224 e. The Morgan fingerprint density at radius 1 is 1.39 bits per heavy atom. The van der Waals surface area contributed by atoms with Gasteiger partial charge >= 0.3 is 0 Å². The topological polar surface area (TPSA) is 75.4 Å². The molecule has 0 aliphatic heterocycles. The Morgan fingerprint density at radius 3 is 2.39 bits per heavy atom. The van der Waals surface area contributed by atoms with Crippen molar-refractivity contribution in [3.05, 3.63) is 28.8 Å². The molecule has 0 aliphatic rings. The van der Waals surface area contributed by atoms with Gasteiger partial charge in [0, 0.05) is 13.1 Å². The number of hydrogen-bond donors (Lipinski definition) is 3. The number of amides is 1. The van der Waals surface area contributed by atoms with Crippen LogP contribution in [0.1, 0.15) is 23.6 Å². The number of aryl methyl sites for hydroxylation is 2. The van der Waals surface area contributed by atoms with Gasteiger partial charge in [0.15, 0.2) is 0 Å². The molecule has 18 heavy (non-hydrogen) atoms. The van der Waals surface area contributed by atoms with Gasteiger partial charge in [-0.3, -0.25) is 4.79 Å².